The molecular formula is C12H17Br2NO3S. The Balaban J connectivity index is 3.04. The number of benzene rings is 1. The summed E-state index contributed by atoms with van der Waals surface area (Å²) in [7, 11) is -3.61. The van der Waals surface area contributed by atoms with E-state index < -0.39 is 16.1 Å². The minimum atomic E-state index is -3.61. The van der Waals surface area contributed by atoms with Gasteiger partial charge in [0.05, 0.1) is 11.0 Å². The monoisotopic (exact) mass is 413 g/mol. The average molecular weight is 415 g/mol. The fourth-order valence-electron chi connectivity index (χ4n) is 1.72. The van der Waals surface area contributed by atoms with E-state index in [0.717, 1.165) is 10.0 Å². The van der Waals surface area contributed by atoms with Crippen LogP contribution in [0.3, 0.4) is 0 Å². The fraction of sp³-hybridized carbons (Fsp3) is 0.500. The molecule has 0 amide bonds. The lowest BCUT2D eigenvalue weighted by Gasteiger charge is -2.17. The normalized spacial score (nSPS) is 15.3. The first-order valence-corrected chi connectivity index (χ1v) is 8.86. The van der Waals surface area contributed by atoms with Gasteiger partial charge in [0.15, 0.2) is 0 Å². The first kappa shape index (κ1) is 17.1. The molecule has 1 rings (SSSR count). The largest absolute Gasteiger partial charge is 0.393 e. The van der Waals surface area contributed by atoms with Crippen molar-refractivity contribution in [1.82, 2.24) is 4.72 Å². The van der Waals surface area contributed by atoms with Crippen LogP contribution in [0.25, 0.3) is 0 Å². The van der Waals surface area contributed by atoms with E-state index in [-0.39, 0.29) is 10.9 Å². The summed E-state index contributed by atoms with van der Waals surface area (Å²) in [6.45, 7) is 5.24. The molecule has 0 aliphatic heterocycles. The molecular weight excluding hydrogens is 398 g/mol. The van der Waals surface area contributed by atoms with Crippen molar-refractivity contribution in [2.24, 2.45) is 0 Å². The minimum Gasteiger partial charge on any atom is -0.393 e. The highest BCUT2D eigenvalue weighted by Gasteiger charge is 2.21. The van der Waals surface area contributed by atoms with Crippen LogP contribution in [0.5, 0.6) is 0 Å². The van der Waals surface area contributed by atoms with Gasteiger partial charge in [0.1, 0.15) is 0 Å². The maximum absolute atomic E-state index is 12.3. The summed E-state index contributed by atoms with van der Waals surface area (Å²) >= 11 is 6.59. The van der Waals surface area contributed by atoms with Gasteiger partial charge in [0.2, 0.25) is 10.0 Å². The zero-order valence-corrected chi connectivity index (χ0v) is 14.9. The average Bonchev–Trinajstić information content (AvgIpc) is 2.20. The second-order valence-corrected chi connectivity index (χ2v) is 8.03. The second-order valence-electron chi connectivity index (χ2n) is 4.64. The van der Waals surface area contributed by atoms with Gasteiger partial charge in [0, 0.05) is 15.0 Å². The van der Waals surface area contributed by atoms with Gasteiger partial charge in [-0.3, -0.25) is 0 Å². The predicted molar refractivity (Wildman–Crippen MR) is 82.7 cm³/mol. The van der Waals surface area contributed by atoms with Crippen molar-refractivity contribution in [3.63, 3.8) is 0 Å². The number of hydrogen-bond donors (Lipinski definition) is 2. The Labute approximate surface area is 130 Å². The van der Waals surface area contributed by atoms with Crippen LogP contribution in [0.4, 0.5) is 0 Å². The zero-order valence-electron chi connectivity index (χ0n) is 10.9. The van der Waals surface area contributed by atoms with E-state index in [0.29, 0.717) is 10.9 Å². The number of nitrogens with one attached hydrogen (secondary N) is 1. The Kier molecular flexibility index (Phi) is 6.00. The molecule has 4 nitrogen and oxygen atoms in total. The first-order chi connectivity index (χ1) is 8.63. The van der Waals surface area contributed by atoms with E-state index in [4.69, 9.17) is 0 Å². The molecule has 0 bridgehead atoms. The lowest BCUT2D eigenvalue weighted by atomic mass is 10.2. The molecule has 0 saturated carbocycles. The predicted octanol–water partition coefficient (Wildman–Crippen LogP) is 2.96. The van der Waals surface area contributed by atoms with Crippen molar-refractivity contribution in [3.05, 3.63) is 26.6 Å². The molecule has 7 heteroatoms. The molecule has 0 heterocycles. The molecule has 0 saturated heterocycles. The number of rotatable bonds is 5. The van der Waals surface area contributed by atoms with Gasteiger partial charge in [-0.1, -0.05) is 15.9 Å². The Hall–Kier alpha value is 0.0500. The topological polar surface area (TPSA) is 66.4 Å². The van der Waals surface area contributed by atoms with Gasteiger partial charge in [-0.25, -0.2) is 13.1 Å². The summed E-state index contributed by atoms with van der Waals surface area (Å²) in [5, 5.41) is 9.27. The minimum absolute atomic E-state index is 0.183. The molecule has 0 spiro atoms. The number of aliphatic hydroxyl groups is 1. The van der Waals surface area contributed by atoms with E-state index in [1.807, 2.05) is 6.92 Å². The lowest BCUT2D eigenvalue weighted by molar-refractivity contribution is 0.175. The summed E-state index contributed by atoms with van der Waals surface area (Å²) in [5.41, 5.74) is 0.947. The van der Waals surface area contributed by atoms with Crippen LogP contribution < -0.4 is 4.72 Å². The molecule has 1 aromatic carbocycles. The summed E-state index contributed by atoms with van der Waals surface area (Å²) in [6.07, 6.45) is -0.185. The summed E-state index contributed by atoms with van der Waals surface area (Å²) in [5.74, 6) is 0. The Morgan fingerprint density at radius 1 is 1.26 bits per heavy atom. The third kappa shape index (κ3) is 4.82. The fourth-order valence-corrected chi connectivity index (χ4v) is 4.66. The molecule has 2 atom stereocenters. The number of aliphatic hydroxyl groups excluding tert-OH is 1. The third-order valence-corrected chi connectivity index (χ3v) is 5.96. The van der Waals surface area contributed by atoms with Crippen LogP contribution in [0, 0.1) is 6.92 Å². The van der Waals surface area contributed by atoms with Crippen LogP contribution in [0.15, 0.2) is 26.0 Å². The highest BCUT2D eigenvalue weighted by molar-refractivity contribution is 9.11. The summed E-state index contributed by atoms with van der Waals surface area (Å²) in [6, 6.07) is 2.98. The van der Waals surface area contributed by atoms with Crippen molar-refractivity contribution in [2.45, 2.75) is 44.2 Å². The lowest BCUT2D eigenvalue weighted by Crippen LogP contribution is -2.34. The molecule has 2 N–H and O–H groups in total. The Morgan fingerprint density at radius 2 is 1.84 bits per heavy atom. The molecule has 2 unspecified atom stereocenters. The number of hydrogen-bond acceptors (Lipinski definition) is 3. The van der Waals surface area contributed by atoms with Crippen LogP contribution in [0.2, 0.25) is 0 Å². The molecule has 108 valence electrons. The Morgan fingerprint density at radius 3 is 2.37 bits per heavy atom. The number of halogens is 2. The van der Waals surface area contributed by atoms with Crippen molar-refractivity contribution < 1.29 is 13.5 Å². The van der Waals surface area contributed by atoms with E-state index in [1.165, 1.54) is 0 Å². The van der Waals surface area contributed by atoms with Crippen LogP contribution in [-0.2, 0) is 10.0 Å². The van der Waals surface area contributed by atoms with Crippen LogP contribution >= 0.6 is 31.9 Å². The molecule has 0 aromatic heterocycles. The van der Waals surface area contributed by atoms with Gasteiger partial charge >= 0.3 is 0 Å². The van der Waals surface area contributed by atoms with Gasteiger partial charge < -0.3 is 5.11 Å². The highest BCUT2D eigenvalue weighted by atomic mass is 79.9. The number of sulfonamides is 1. The van der Waals surface area contributed by atoms with Crippen LogP contribution in [0.1, 0.15) is 25.8 Å². The molecule has 0 aliphatic rings. The quantitative estimate of drug-likeness (QED) is 0.778. The Bertz CT molecular complexity index is 558. The molecule has 1 aromatic rings. The first-order valence-electron chi connectivity index (χ1n) is 5.79. The van der Waals surface area contributed by atoms with Gasteiger partial charge in [-0.2, -0.15) is 0 Å². The van der Waals surface area contributed by atoms with E-state index in [1.54, 1.807) is 26.0 Å². The smallest absolute Gasteiger partial charge is 0.241 e. The third-order valence-electron chi connectivity index (χ3n) is 2.55. The van der Waals surface area contributed by atoms with E-state index >= 15 is 0 Å². The maximum Gasteiger partial charge on any atom is 0.241 e. The summed E-state index contributed by atoms with van der Waals surface area (Å²) in [4.78, 5) is 0.183. The van der Waals surface area contributed by atoms with Gasteiger partial charge in [-0.05, 0) is 60.8 Å². The van der Waals surface area contributed by atoms with Gasteiger partial charge in [-0.15, -0.1) is 0 Å². The highest BCUT2D eigenvalue weighted by Crippen LogP contribution is 2.28. The van der Waals surface area contributed by atoms with Crippen molar-refractivity contribution in [3.8, 4) is 0 Å². The van der Waals surface area contributed by atoms with E-state index in [9.17, 15) is 13.5 Å². The number of aryl methyl sites for hydroxylation is 1. The van der Waals surface area contributed by atoms with Crippen LogP contribution in [-0.4, -0.2) is 25.7 Å². The van der Waals surface area contributed by atoms with E-state index in [2.05, 4.69) is 36.6 Å². The molecule has 19 heavy (non-hydrogen) atoms. The van der Waals surface area contributed by atoms with Gasteiger partial charge in [0.25, 0.3) is 0 Å². The molecule has 0 radical (unpaired) electrons. The second kappa shape index (κ2) is 6.67. The SMILES string of the molecule is Cc1cc(Br)c(S(=O)(=O)NC(C)CC(C)O)cc1Br. The molecule has 0 fully saturated rings. The van der Waals surface area contributed by atoms with Crippen molar-refractivity contribution in [2.75, 3.05) is 0 Å². The maximum atomic E-state index is 12.3. The van der Waals surface area contributed by atoms with Crippen molar-refractivity contribution in [1.29, 1.82) is 0 Å². The van der Waals surface area contributed by atoms with Crippen molar-refractivity contribution >= 4 is 41.9 Å². The standard InChI is InChI=1S/C12H17Br2NO3S/c1-7-4-11(14)12(6-10(7)13)19(17,18)15-8(2)5-9(3)16/h4,6,8-9,15-16H,5H2,1-3H3. The summed E-state index contributed by atoms with van der Waals surface area (Å²) < 4.78 is 28.3. The zero-order chi connectivity index (χ0) is 14.8. The molecule has 0 aliphatic carbocycles.